The molecule has 1 aromatic rings. The summed E-state index contributed by atoms with van der Waals surface area (Å²) in [4.78, 5) is 38.6. The lowest BCUT2D eigenvalue weighted by molar-refractivity contribution is -0.156. The lowest BCUT2D eigenvalue weighted by Crippen LogP contribution is -2.45. The number of rotatable bonds is 5. The Labute approximate surface area is 272 Å². The molecule has 252 valence electrons. The van der Waals surface area contributed by atoms with Crippen molar-refractivity contribution in [1.29, 1.82) is 0 Å². The van der Waals surface area contributed by atoms with Gasteiger partial charge in [-0.05, 0) is 56.7 Å². The molecule has 1 heterocycles. The fourth-order valence-electron chi connectivity index (χ4n) is 5.76. The largest absolute Gasteiger partial charge is 0.508 e. The summed E-state index contributed by atoms with van der Waals surface area (Å²) in [6, 6.07) is 1.89. The molecule has 0 spiro atoms. The van der Waals surface area contributed by atoms with Crippen LogP contribution < -0.4 is 10.6 Å². The molecule has 10 heteroatoms. The van der Waals surface area contributed by atoms with Crippen molar-refractivity contribution < 1.29 is 39.2 Å². The second-order valence-electron chi connectivity index (χ2n) is 12.3. The Morgan fingerprint density at radius 3 is 2.50 bits per heavy atom. The van der Waals surface area contributed by atoms with Crippen LogP contribution >= 0.6 is 0 Å². The van der Waals surface area contributed by atoms with Gasteiger partial charge >= 0.3 is 5.97 Å². The first kappa shape index (κ1) is 36.6. The van der Waals surface area contributed by atoms with E-state index in [9.17, 15) is 29.7 Å². The molecule has 0 radical (unpaired) electrons. The number of methoxy groups -OCH3 is 1. The molecular formula is C36H50N2O8. The van der Waals surface area contributed by atoms with E-state index in [4.69, 9.17) is 9.47 Å². The average molecular weight is 639 g/mol. The molecule has 1 aliphatic heterocycles. The van der Waals surface area contributed by atoms with Gasteiger partial charge in [0.15, 0.2) is 0 Å². The predicted octanol–water partition coefficient (Wildman–Crippen LogP) is 5.39. The minimum Gasteiger partial charge on any atom is -0.508 e. The number of phenols is 2. The highest BCUT2D eigenvalue weighted by atomic mass is 16.5. The topological polar surface area (TPSA) is 154 Å². The highest BCUT2D eigenvalue weighted by Crippen LogP contribution is 2.34. The van der Waals surface area contributed by atoms with E-state index in [0.717, 1.165) is 32.1 Å². The third-order valence-corrected chi connectivity index (χ3v) is 8.69. The molecule has 2 bridgehead atoms. The molecule has 0 unspecified atom stereocenters. The predicted molar refractivity (Wildman–Crippen MR) is 177 cm³/mol. The number of anilines is 1. The summed E-state index contributed by atoms with van der Waals surface area (Å²) in [6.45, 7) is 5.22. The molecule has 2 amide bonds. The van der Waals surface area contributed by atoms with Crippen LogP contribution in [-0.2, 0) is 30.3 Å². The zero-order valence-electron chi connectivity index (χ0n) is 27.4. The van der Waals surface area contributed by atoms with E-state index in [1.807, 2.05) is 19.1 Å². The Morgan fingerprint density at radius 1 is 1.07 bits per heavy atom. The van der Waals surface area contributed by atoms with Crippen LogP contribution in [0.3, 0.4) is 0 Å². The van der Waals surface area contributed by atoms with Gasteiger partial charge in [0.1, 0.15) is 23.6 Å². The fourth-order valence-corrected chi connectivity index (χ4v) is 5.76. The third-order valence-electron chi connectivity index (χ3n) is 8.69. The van der Waals surface area contributed by atoms with Gasteiger partial charge in [-0.2, -0.15) is 0 Å². The molecule has 1 aliphatic carbocycles. The number of amides is 2. The molecule has 3 rings (SSSR count). The monoisotopic (exact) mass is 638 g/mol. The summed E-state index contributed by atoms with van der Waals surface area (Å²) in [5.41, 5.74) is 1.19. The van der Waals surface area contributed by atoms with Gasteiger partial charge in [0.2, 0.25) is 11.8 Å². The summed E-state index contributed by atoms with van der Waals surface area (Å²) in [6.07, 6.45) is 16.2. The Hall–Kier alpha value is -3.89. The van der Waals surface area contributed by atoms with Crippen LogP contribution in [0.25, 0.3) is 0 Å². The van der Waals surface area contributed by atoms with Crippen molar-refractivity contribution in [3.05, 3.63) is 65.8 Å². The minimum absolute atomic E-state index is 0.00853. The Balaban J connectivity index is 1.82. The number of phenolic OH excluding ortho intramolecular Hbond substituents is 2. The van der Waals surface area contributed by atoms with Gasteiger partial charge in [0.25, 0.3) is 0 Å². The number of hydrogen-bond acceptors (Lipinski definition) is 8. The number of ether oxygens (including phenoxy) is 2. The summed E-state index contributed by atoms with van der Waals surface area (Å²) >= 11 is 0. The number of aliphatic hydroxyl groups is 1. The molecule has 10 nitrogen and oxygen atoms in total. The van der Waals surface area contributed by atoms with Gasteiger partial charge in [-0.1, -0.05) is 68.7 Å². The van der Waals surface area contributed by atoms with E-state index in [-0.39, 0.29) is 35.4 Å². The Morgan fingerprint density at radius 2 is 1.78 bits per heavy atom. The molecule has 46 heavy (non-hydrogen) atoms. The maximum Gasteiger partial charge on any atom is 0.328 e. The zero-order chi connectivity index (χ0) is 33.6. The number of aliphatic hydroxyl groups excluding tert-OH is 1. The number of aryl methyl sites for hydroxylation is 1. The number of nitrogens with one attached hydrogen (secondary N) is 2. The highest BCUT2D eigenvalue weighted by molar-refractivity contribution is 5.93. The van der Waals surface area contributed by atoms with Crippen LogP contribution in [0.1, 0.15) is 77.7 Å². The molecule has 0 saturated heterocycles. The third kappa shape index (κ3) is 11.2. The lowest BCUT2D eigenvalue weighted by Gasteiger charge is -2.29. The number of benzene rings is 1. The van der Waals surface area contributed by atoms with Gasteiger partial charge in [-0.25, -0.2) is 4.79 Å². The number of hydrogen-bond donors (Lipinski definition) is 5. The Bertz CT molecular complexity index is 1310. The summed E-state index contributed by atoms with van der Waals surface area (Å²) in [5, 5.41) is 37.8. The molecule has 1 saturated carbocycles. The van der Waals surface area contributed by atoms with Crippen LogP contribution in [0, 0.1) is 11.8 Å². The van der Waals surface area contributed by atoms with Crippen molar-refractivity contribution in [3.8, 4) is 11.5 Å². The van der Waals surface area contributed by atoms with Gasteiger partial charge in [-0.3, -0.25) is 9.59 Å². The molecule has 1 fully saturated rings. The highest BCUT2D eigenvalue weighted by Gasteiger charge is 2.31. The maximum atomic E-state index is 13.1. The summed E-state index contributed by atoms with van der Waals surface area (Å²) in [7, 11) is 1.49. The summed E-state index contributed by atoms with van der Waals surface area (Å²) in [5.74, 6) is -1.90. The number of aromatic hydroxyl groups is 2. The van der Waals surface area contributed by atoms with Gasteiger partial charge in [0, 0.05) is 31.4 Å². The first-order valence-corrected chi connectivity index (χ1v) is 16.2. The molecule has 5 N–H and O–H groups in total. The van der Waals surface area contributed by atoms with Crippen molar-refractivity contribution in [2.75, 3.05) is 12.4 Å². The number of carbonyl (C=O) groups is 3. The van der Waals surface area contributed by atoms with Crippen molar-refractivity contribution in [2.45, 2.75) is 103 Å². The number of fused-ring (bicyclic) bond motifs is 2. The second-order valence-corrected chi connectivity index (χ2v) is 12.3. The van der Waals surface area contributed by atoms with Gasteiger partial charge in [0.05, 0.1) is 24.3 Å². The molecule has 1 aromatic carbocycles. The molecule has 2 aliphatic rings. The van der Waals surface area contributed by atoms with E-state index in [2.05, 4.69) is 10.6 Å². The second kappa shape index (κ2) is 18.3. The number of carbonyl (C=O) groups excluding carboxylic acids is 3. The van der Waals surface area contributed by atoms with Crippen molar-refractivity contribution >= 4 is 23.5 Å². The van der Waals surface area contributed by atoms with E-state index < -0.39 is 42.1 Å². The minimum atomic E-state index is -0.940. The van der Waals surface area contributed by atoms with Crippen LogP contribution in [0.15, 0.2) is 60.2 Å². The average Bonchev–Trinajstić information content (AvgIpc) is 3.04. The maximum absolute atomic E-state index is 13.1. The number of esters is 1. The standard InChI is InChI=1S/C36H50N2O8/c1-23-14-13-17-27-20-28(39)21-30(34(27)42)38-32(40)22-29(45-4)18-11-6-5-7-12-19-31(24(2)33(23)41)46-36(44)25(3)37-35(43)26-15-9-8-10-16-26/h5-7,11-12,14,18,20-21,24-26,29,31,33,39,41-42H,8-10,13,15-17,19,22H2,1-4H3,(H,37,43)(H,38,40)/b6-5+,12-7+,18-11+,23-14-/t24-,25-,29-,31+,33+/m1/s1. The molecular weight excluding hydrogens is 588 g/mol. The quantitative estimate of drug-likeness (QED) is 0.125. The van der Waals surface area contributed by atoms with E-state index in [0.29, 0.717) is 30.4 Å². The smallest absolute Gasteiger partial charge is 0.328 e. The SMILES string of the molecule is CO[C@@H]1/C=C/C=C/C=C/C[C@H](OC(=O)[C@@H](C)NC(=O)C2CCCCC2)[C@@H](C)[C@@H](O)/C(C)=C\CCc2cc(O)cc(c2O)NC(=O)C1. The molecule has 0 aromatic heterocycles. The first-order valence-electron chi connectivity index (χ1n) is 16.2. The zero-order valence-corrected chi connectivity index (χ0v) is 27.4. The number of allylic oxidation sites excluding steroid dienone is 5. The Kier molecular flexibility index (Phi) is 14.6. The summed E-state index contributed by atoms with van der Waals surface area (Å²) < 4.78 is 11.3. The van der Waals surface area contributed by atoms with Crippen LogP contribution in [0.5, 0.6) is 11.5 Å². The lowest BCUT2D eigenvalue weighted by atomic mass is 9.88. The van der Waals surface area contributed by atoms with Gasteiger partial charge < -0.3 is 35.4 Å². The fraction of sp³-hybridized carbons (Fsp3) is 0.528. The van der Waals surface area contributed by atoms with Crippen molar-refractivity contribution in [1.82, 2.24) is 5.32 Å². The van der Waals surface area contributed by atoms with Crippen molar-refractivity contribution in [2.24, 2.45) is 11.8 Å². The van der Waals surface area contributed by atoms with Gasteiger partial charge in [-0.15, -0.1) is 0 Å². The van der Waals surface area contributed by atoms with E-state index in [1.165, 1.54) is 19.2 Å². The first-order chi connectivity index (χ1) is 22.0. The van der Waals surface area contributed by atoms with Crippen LogP contribution in [0.2, 0.25) is 0 Å². The van der Waals surface area contributed by atoms with E-state index >= 15 is 0 Å². The normalized spacial score (nSPS) is 27.8. The van der Waals surface area contributed by atoms with Crippen LogP contribution in [0.4, 0.5) is 5.69 Å². The van der Waals surface area contributed by atoms with Crippen LogP contribution in [-0.4, -0.2) is 64.6 Å². The van der Waals surface area contributed by atoms with E-state index in [1.54, 1.807) is 44.2 Å². The van der Waals surface area contributed by atoms with Crippen molar-refractivity contribution in [3.63, 3.8) is 0 Å². The molecule has 5 atom stereocenters.